The minimum atomic E-state index is -3.33. The van der Waals surface area contributed by atoms with Crippen LogP contribution in [0.5, 0.6) is 0 Å². The van der Waals surface area contributed by atoms with Crippen molar-refractivity contribution in [2.45, 2.75) is 25.3 Å². The van der Waals surface area contributed by atoms with Gasteiger partial charge in [0.2, 0.25) is 15.9 Å². The first-order valence-corrected chi connectivity index (χ1v) is 9.03. The molecule has 0 spiro atoms. The molecule has 0 aromatic heterocycles. The van der Waals surface area contributed by atoms with Gasteiger partial charge in [-0.3, -0.25) is 9.59 Å². The van der Waals surface area contributed by atoms with Gasteiger partial charge in [-0.05, 0) is 18.4 Å². The summed E-state index contributed by atoms with van der Waals surface area (Å²) in [6, 6.07) is 8.60. The Labute approximate surface area is 135 Å². The Kier molecular flexibility index (Phi) is 5.73. The number of carbonyl (C=O) groups is 2. The highest BCUT2D eigenvalue weighted by Crippen LogP contribution is 2.19. The molecule has 1 heterocycles. The average Bonchev–Trinajstić information content (AvgIpc) is 2.83. The summed E-state index contributed by atoms with van der Waals surface area (Å²) in [5, 5.41) is 11.6. The number of aliphatic carboxylic acids is 1. The van der Waals surface area contributed by atoms with Crippen LogP contribution in [0.1, 0.15) is 30.9 Å². The number of carboxylic acid groups (broad SMARTS) is 1. The Bertz CT molecular complexity index is 660. The second-order valence-electron chi connectivity index (χ2n) is 5.47. The summed E-state index contributed by atoms with van der Waals surface area (Å²) in [5.41, 5.74) is 0.798. The number of amides is 1. The molecule has 1 amide bonds. The van der Waals surface area contributed by atoms with E-state index in [-0.39, 0.29) is 25.1 Å². The number of nitrogens with one attached hydrogen (secondary N) is 1. The van der Waals surface area contributed by atoms with Gasteiger partial charge in [-0.25, -0.2) is 8.42 Å². The van der Waals surface area contributed by atoms with Crippen LogP contribution in [0.3, 0.4) is 0 Å². The maximum absolute atomic E-state index is 12.2. The van der Waals surface area contributed by atoms with E-state index in [9.17, 15) is 18.0 Å². The maximum Gasteiger partial charge on any atom is 0.303 e. The molecule has 1 aliphatic rings. The largest absolute Gasteiger partial charge is 0.481 e. The van der Waals surface area contributed by atoms with Gasteiger partial charge in [0.05, 0.1) is 18.3 Å². The fourth-order valence-corrected chi connectivity index (χ4v) is 4.02. The molecular formula is C15H20N2O5S. The molecule has 1 aromatic carbocycles. The van der Waals surface area contributed by atoms with E-state index in [4.69, 9.17) is 5.11 Å². The van der Waals surface area contributed by atoms with E-state index in [2.05, 4.69) is 5.32 Å². The summed E-state index contributed by atoms with van der Waals surface area (Å²) in [5.74, 6) is -1.29. The zero-order chi connectivity index (χ0) is 16.9. The van der Waals surface area contributed by atoms with Crippen LogP contribution in [0.4, 0.5) is 0 Å². The SMILES string of the molecule is O=C(O)CCC(NC(=O)CN1CCCS1(=O)=O)c1ccccc1. The molecule has 1 saturated heterocycles. The summed E-state index contributed by atoms with van der Waals surface area (Å²) in [6.45, 7) is 0.125. The van der Waals surface area contributed by atoms with Crippen molar-refractivity contribution in [2.24, 2.45) is 0 Å². The van der Waals surface area contributed by atoms with Crippen molar-refractivity contribution in [2.75, 3.05) is 18.8 Å². The molecule has 1 aromatic rings. The van der Waals surface area contributed by atoms with Crippen LogP contribution in [0, 0.1) is 0 Å². The number of carbonyl (C=O) groups excluding carboxylic acids is 1. The Morgan fingerprint density at radius 1 is 1.26 bits per heavy atom. The van der Waals surface area contributed by atoms with Gasteiger partial charge in [-0.15, -0.1) is 0 Å². The lowest BCUT2D eigenvalue weighted by atomic mass is 10.0. The van der Waals surface area contributed by atoms with Crippen molar-refractivity contribution in [1.82, 2.24) is 9.62 Å². The number of hydrogen-bond acceptors (Lipinski definition) is 4. The van der Waals surface area contributed by atoms with Gasteiger partial charge in [0, 0.05) is 13.0 Å². The minimum absolute atomic E-state index is 0.0708. The fourth-order valence-electron chi connectivity index (χ4n) is 2.54. The monoisotopic (exact) mass is 340 g/mol. The van der Waals surface area contributed by atoms with Gasteiger partial charge < -0.3 is 10.4 Å². The van der Waals surface area contributed by atoms with E-state index in [1.165, 1.54) is 4.31 Å². The molecule has 0 radical (unpaired) electrons. The highest BCUT2D eigenvalue weighted by atomic mass is 32.2. The number of carboxylic acids is 1. The summed E-state index contributed by atoms with van der Waals surface area (Å²) in [4.78, 5) is 22.9. The third-order valence-corrected chi connectivity index (χ3v) is 5.61. The smallest absolute Gasteiger partial charge is 0.303 e. The average molecular weight is 340 g/mol. The van der Waals surface area contributed by atoms with E-state index in [1.54, 1.807) is 24.3 Å². The standard InChI is InChI=1S/C15H20N2O5S/c18-14(11-17-9-4-10-23(17,21)22)16-13(7-8-15(19)20)12-5-2-1-3-6-12/h1-3,5-6,13H,4,7-11H2,(H,16,18)(H,19,20). The second kappa shape index (κ2) is 7.56. The molecule has 1 aliphatic heterocycles. The molecule has 0 aliphatic carbocycles. The molecule has 23 heavy (non-hydrogen) atoms. The zero-order valence-electron chi connectivity index (χ0n) is 12.6. The number of benzene rings is 1. The van der Waals surface area contributed by atoms with E-state index in [0.717, 1.165) is 5.56 Å². The van der Waals surface area contributed by atoms with Gasteiger partial charge in [0.25, 0.3) is 0 Å². The molecule has 0 saturated carbocycles. The molecule has 1 atom stereocenters. The Balaban J connectivity index is 2.02. The van der Waals surface area contributed by atoms with Crippen molar-refractivity contribution in [1.29, 1.82) is 0 Å². The van der Waals surface area contributed by atoms with Crippen molar-refractivity contribution in [3.63, 3.8) is 0 Å². The molecule has 2 N–H and O–H groups in total. The zero-order valence-corrected chi connectivity index (χ0v) is 13.5. The molecular weight excluding hydrogens is 320 g/mol. The normalized spacial score (nSPS) is 18.4. The van der Waals surface area contributed by atoms with Gasteiger partial charge >= 0.3 is 5.97 Å². The quantitative estimate of drug-likeness (QED) is 0.762. The van der Waals surface area contributed by atoms with E-state index < -0.39 is 27.9 Å². The lowest BCUT2D eigenvalue weighted by molar-refractivity contribution is -0.137. The second-order valence-corrected chi connectivity index (χ2v) is 7.55. The van der Waals surface area contributed by atoms with Crippen molar-refractivity contribution in [3.05, 3.63) is 35.9 Å². The van der Waals surface area contributed by atoms with Gasteiger partial charge in [0.15, 0.2) is 0 Å². The molecule has 1 fully saturated rings. The topological polar surface area (TPSA) is 104 Å². The number of rotatable bonds is 7. The first-order chi connectivity index (χ1) is 10.9. The summed E-state index contributed by atoms with van der Waals surface area (Å²) in [7, 11) is -3.33. The van der Waals surface area contributed by atoms with Crippen LogP contribution in [0.15, 0.2) is 30.3 Å². The predicted octanol–water partition coefficient (Wildman–Crippen LogP) is 0.744. The van der Waals surface area contributed by atoms with Crippen LogP contribution in [-0.2, 0) is 19.6 Å². The van der Waals surface area contributed by atoms with Gasteiger partial charge in [0.1, 0.15) is 0 Å². The van der Waals surface area contributed by atoms with Gasteiger partial charge in [-0.2, -0.15) is 4.31 Å². The third kappa shape index (κ3) is 5.04. The summed E-state index contributed by atoms with van der Waals surface area (Å²) < 4.78 is 24.6. The lowest BCUT2D eigenvalue weighted by Gasteiger charge is -2.20. The first-order valence-electron chi connectivity index (χ1n) is 7.42. The van der Waals surface area contributed by atoms with Crippen LogP contribution in [-0.4, -0.2) is 48.5 Å². The van der Waals surface area contributed by atoms with E-state index >= 15 is 0 Å². The Morgan fingerprint density at radius 3 is 2.52 bits per heavy atom. The molecule has 1 unspecified atom stereocenters. The van der Waals surface area contributed by atoms with Crippen molar-refractivity contribution >= 4 is 21.9 Å². The number of nitrogens with zero attached hydrogens (tertiary/aromatic N) is 1. The number of sulfonamides is 1. The molecule has 126 valence electrons. The van der Waals surface area contributed by atoms with E-state index in [0.29, 0.717) is 13.0 Å². The Hall–Kier alpha value is -1.93. The van der Waals surface area contributed by atoms with E-state index in [1.807, 2.05) is 6.07 Å². The number of hydrogen-bond donors (Lipinski definition) is 2. The highest BCUT2D eigenvalue weighted by Gasteiger charge is 2.30. The third-order valence-electron chi connectivity index (χ3n) is 3.71. The fraction of sp³-hybridized carbons (Fsp3) is 0.467. The maximum atomic E-state index is 12.2. The summed E-state index contributed by atoms with van der Waals surface area (Å²) >= 11 is 0. The summed E-state index contributed by atoms with van der Waals surface area (Å²) in [6.07, 6.45) is 0.691. The Morgan fingerprint density at radius 2 is 1.96 bits per heavy atom. The minimum Gasteiger partial charge on any atom is -0.481 e. The van der Waals surface area contributed by atoms with Crippen LogP contribution in [0.25, 0.3) is 0 Å². The highest BCUT2D eigenvalue weighted by molar-refractivity contribution is 7.89. The molecule has 0 bridgehead atoms. The van der Waals surface area contributed by atoms with Crippen molar-refractivity contribution < 1.29 is 23.1 Å². The molecule has 2 rings (SSSR count). The van der Waals surface area contributed by atoms with Crippen LogP contribution in [0.2, 0.25) is 0 Å². The first kappa shape index (κ1) is 17.4. The van der Waals surface area contributed by atoms with Crippen LogP contribution >= 0.6 is 0 Å². The van der Waals surface area contributed by atoms with Crippen molar-refractivity contribution in [3.8, 4) is 0 Å². The lowest BCUT2D eigenvalue weighted by Crippen LogP contribution is -2.39. The predicted molar refractivity (Wildman–Crippen MR) is 84.2 cm³/mol. The van der Waals surface area contributed by atoms with Crippen LogP contribution < -0.4 is 5.32 Å². The van der Waals surface area contributed by atoms with Gasteiger partial charge in [-0.1, -0.05) is 30.3 Å². The molecule has 8 heteroatoms. The molecule has 7 nitrogen and oxygen atoms in total.